The second-order valence-electron chi connectivity index (χ2n) is 10.6. The first-order valence-electron chi connectivity index (χ1n) is 13.5. The van der Waals surface area contributed by atoms with Crippen LogP contribution in [0.4, 0.5) is 13.9 Å². The van der Waals surface area contributed by atoms with Crippen molar-refractivity contribution in [3.05, 3.63) is 58.7 Å². The average molecular weight is 571 g/mol. The lowest BCUT2D eigenvalue weighted by atomic mass is 9.97. The van der Waals surface area contributed by atoms with E-state index < -0.39 is 23.5 Å². The molecule has 1 aromatic heterocycles. The van der Waals surface area contributed by atoms with Gasteiger partial charge in [-0.15, -0.1) is 10.2 Å². The van der Waals surface area contributed by atoms with Gasteiger partial charge in [-0.25, -0.2) is 8.78 Å². The quantitative estimate of drug-likeness (QED) is 0.352. The average Bonchev–Trinajstić information content (AvgIpc) is 3.63. The Morgan fingerprint density at radius 3 is 2.45 bits per heavy atom. The third-order valence-corrected chi connectivity index (χ3v) is 8.50. The van der Waals surface area contributed by atoms with Crippen LogP contribution in [-0.4, -0.2) is 64.9 Å². The number of piperidine rings is 1. The van der Waals surface area contributed by atoms with Crippen molar-refractivity contribution >= 4 is 28.3 Å². The highest BCUT2D eigenvalue weighted by atomic mass is 32.1. The van der Waals surface area contributed by atoms with Crippen LogP contribution in [0.5, 0.6) is 5.75 Å². The van der Waals surface area contributed by atoms with E-state index in [2.05, 4.69) is 15.1 Å². The van der Waals surface area contributed by atoms with E-state index >= 15 is 0 Å². The molecule has 0 unspecified atom stereocenters. The summed E-state index contributed by atoms with van der Waals surface area (Å²) >= 11 is 1.24. The van der Waals surface area contributed by atoms with Crippen LogP contribution in [0.2, 0.25) is 0 Å². The minimum atomic E-state index is -1.16. The molecule has 5 rings (SSSR count). The zero-order valence-corrected chi connectivity index (χ0v) is 23.3. The van der Waals surface area contributed by atoms with E-state index in [0.29, 0.717) is 42.1 Å². The number of anilines is 1. The molecule has 2 fully saturated rings. The standard InChI is InChI=1S/C29H32F2N4O4S/c1-17-14-21(15-18(2)25(17)39-13-12-34-10-8-20(9-11-34)28(37)38)26-32-33-29(40-26)35(16-19-6-7-19)27(36)22-4-3-5-23(30)24(22)31/h3-5,14-15,19-20H,6-13,16H2,1-2H3,(H,37,38). The first-order valence-corrected chi connectivity index (χ1v) is 14.3. The number of likely N-dealkylation sites (tertiary alicyclic amines) is 1. The van der Waals surface area contributed by atoms with Crippen molar-refractivity contribution in [1.82, 2.24) is 15.1 Å². The lowest BCUT2D eigenvalue weighted by Gasteiger charge is -2.30. The van der Waals surface area contributed by atoms with E-state index in [1.807, 2.05) is 26.0 Å². The van der Waals surface area contributed by atoms with Gasteiger partial charge < -0.3 is 9.84 Å². The Hall–Kier alpha value is -3.44. The van der Waals surface area contributed by atoms with Gasteiger partial charge in [0, 0.05) is 18.7 Å². The summed E-state index contributed by atoms with van der Waals surface area (Å²) in [6, 6.07) is 7.52. The van der Waals surface area contributed by atoms with Crippen molar-refractivity contribution in [1.29, 1.82) is 0 Å². The number of hydrogen-bond acceptors (Lipinski definition) is 7. The third-order valence-electron chi connectivity index (χ3n) is 7.51. The molecule has 1 aliphatic carbocycles. The maximum Gasteiger partial charge on any atom is 0.306 e. The molecule has 40 heavy (non-hydrogen) atoms. The van der Waals surface area contributed by atoms with Gasteiger partial charge in [0.05, 0.1) is 11.5 Å². The summed E-state index contributed by atoms with van der Waals surface area (Å²) in [5.74, 6) is -2.73. The zero-order valence-electron chi connectivity index (χ0n) is 22.5. The summed E-state index contributed by atoms with van der Waals surface area (Å²) in [4.78, 5) is 28.1. The first-order chi connectivity index (χ1) is 19.2. The SMILES string of the molecule is Cc1cc(-c2nnc(N(CC3CC3)C(=O)c3cccc(F)c3F)s2)cc(C)c1OCCN1CCC(C(=O)O)CC1. The molecule has 0 bridgehead atoms. The van der Waals surface area contributed by atoms with Crippen LogP contribution in [-0.2, 0) is 4.79 Å². The van der Waals surface area contributed by atoms with Crippen molar-refractivity contribution in [2.45, 2.75) is 39.5 Å². The molecule has 8 nitrogen and oxygen atoms in total. The molecule has 0 spiro atoms. The molecule has 1 N–H and O–H groups in total. The fourth-order valence-electron chi connectivity index (χ4n) is 5.04. The largest absolute Gasteiger partial charge is 0.492 e. The Balaban J connectivity index is 1.27. The number of nitrogens with zero attached hydrogens (tertiary/aromatic N) is 4. The summed E-state index contributed by atoms with van der Waals surface area (Å²) in [5.41, 5.74) is 2.38. The predicted octanol–water partition coefficient (Wildman–Crippen LogP) is 5.33. The van der Waals surface area contributed by atoms with Crippen LogP contribution in [0.25, 0.3) is 10.6 Å². The molecular formula is C29H32F2N4O4S. The van der Waals surface area contributed by atoms with E-state index in [0.717, 1.165) is 61.0 Å². The van der Waals surface area contributed by atoms with Gasteiger partial charge in [-0.3, -0.25) is 19.4 Å². The zero-order chi connectivity index (χ0) is 28.4. The van der Waals surface area contributed by atoms with E-state index in [1.54, 1.807) is 0 Å². The summed E-state index contributed by atoms with van der Waals surface area (Å²) in [7, 11) is 0. The summed E-state index contributed by atoms with van der Waals surface area (Å²) in [5, 5.41) is 18.7. The van der Waals surface area contributed by atoms with Gasteiger partial charge in [-0.1, -0.05) is 17.4 Å². The first kappa shape index (κ1) is 28.1. The molecule has 0 radical (unpaired) electrons. The van der Waals surface area contributed by atoms with Crippen molar-refractivity contribution in [2.24, 2.45) is 11.8 Å². The van der Waals surface area contributed by atoms with Gasteiger partial charge in [-0.2, -0.15) is 0 Å². The molecule has 11 heteroatoms. The Kier molecular flexibility index (Phi) is 8.41. The van der Waals surface area contributed by atoms with Crippen molar-refractivity contribution in [3.8, 4) is 16.3 Å². The van der Waals surface area contributed by atoms with Crippen LogP contribution in [0.1, 0.15) is 47.2 Å². The van der Waals surface area contributed by atoms with Gasteiger partial charge in [0.1, 0.15) is 17.4 Å². The van der Waals surface area contributed by atoms with Gasteiger partial charge in [0.2, 0.25) is 5.13 Å². The van der Waals surface area contributed by atoms with Gasteiger partial charge in [-0.05, 0) is 93.9 Å². The summed E-state index contributed by atoms with van der Waals surface area (Å²) in [6.07, 6.45) is 3.27. The Bertz CT molecular complexity index is 1380. The number of amides is 1. The number of rotatable bonds is 10. The number of halogens is 2. The van der Waals surface area contributed by atoms with Crippen LogP contribution < -0.4 is 9.64 Å². The van der Waals surface area contributed by atoms with E-state index in [1.165, 1.54) is 28.4 Å². The summed E-state index contributed by atoms with van der Waals surface area (Å²) in [6.45, 7) is 7.03. The van der Waals surface area contributed by atoms with E-state index in [-0.39, 0.29) is 11.5 Å². The van der Waals surface area contributed by atoms with Crippen LogP contribution >= 0.6 is 11.3 Å². The van der Waals surface area contributed by atoms with Gasteiger partial charge in [0.15, 0.2) is 11.6 Å². The number of carboxylic acids is 1. The highest BCUT2D eigenvalue weighted by molar-refractivity contribution is 7.18. The molecule has 2 heterocycles. The Labute approximate surface area is 235 Å². The minimum absolute atomic E-state index is 0.253. The number of ether oxygens (including phenoxy) is 1. The van der Waals surface area contributed by atoms with Crippen molar-refractivity contribution in [3.63, 3.8) is 0 Å². The van der Waals surface area contributed by atoms with Gasteiger partial charge >= 0.3 is 5.97 Å². The molecule has 3 aromatic rings. The molecule has 2 aromatic carbocycles. The third kappa shape index (κ3) is 6.31. The smallest absolute Gasteiger partial charge is 0.306 e. The van der Waals surface area contributed by atoms with Crippen molar-refractivity contribution < 1.29 is 28.2 Å². The number of aliphatic carboxylic acids is 1. The Morgan fingerprint density at radius 1 is 1.10 bits per heavy atom. The van der Waals surface area contributed by atoms with Crippen LogP contribution in [0, 0.1) is 37.3 Å². The number of benzene rings is 2. The second-order valence-corrected chi connectivity index (χ2v) is 11.5. The maximum absolute atomic E-state index is 14.4. The molecule has 1 saturated carbocycles. The lowest BCUT2D eigenvalue weighted by Crippen LogP contribution is -2.38. The van der Waals surface area contributed by atoms with Gasteiger partial charge in [0.25, 0.3) is 5.91 Å². The maximum atomic E-state index is 14.4. The topological polar surface area (TPSA) is 95.9 Å². The lowest BCUT2D eigenvalue weighted by molar-refractivity contribution is -0.143. The van der Waals surface area contributed by atoms with E-state index in [4.69, 9.17) is 4.74 Å². The molecule has 1 aliphatic heterocycles. The number of hydrogen-bond donors (Lipinski definition) is 1. The molecular weight excluding hydrogens is 538 g/mol. The Morgan fingerprint density at radius 2 is 1.80 bits per heavy atom. The van der Waals surface area contributed by atoms with Crippen LogP contribution in [0.3, 0.4) is 0 Å². The minimum Gasteiger partial charge on any atom is -0.492 e. The number of carbonyl (C=O) groups is 2. The predicted molar refractivity (Wildman–Crippen MR) is 148 cm³/mol. The molecule has 212 valence electrons. The molecule has 1 amide bonds. The molecule has 1 saturated heterocycles. The van der Waals surface area contributed by atoms with E-state index in [9.17, 15) is 23.5 Å². The monoisotopic (exact) mass is 570 g/mol. The summed E-state index contributed by atoms with van der Waals surface area (Å²) < 4.78 is 34.4. The number of aryl methyl sites for hydroxylation is 2. The second kappa shape index (κ2) is 12.0. The molecule has 0 atom stereocenters. The normalized spacial score (nSPS) is 16.2. The van der Waals surface area contributed by atoms with Crippen LogP contribution in [0.15, 0.2) is 30.3 Å². The number of aromatic nitrogens is 2. The fourth-order valence-corrected chi connectivity index (χ4v) is 5.88. The van der Waals surface area contributed by atoms with Crippen molar-refractivity contribution in [2.75, 3.05) is 37.7 Å². The highest BCUT2D eigenvalue weighted by Gasteiger charge is 2.32. The number of carboxylic acid groups (broad SMARTS) is 1. The fraction of sp³-hybridized carbons (Fsp3) is 0.448. The molecule has 2 aliphatic rings. The number of carbonyl (C=O) groups excluding carboxylic acids is 1. The highest BCUT2D eigenvalue weighted by Crippen LogP contribution is 2.37.